The number of hydrogen-bond donors (Lipinski definition) is 0. The Morgan fingerprint density at radius 1 is 1.36 bits per heavy atom. The lowest BCUT2D eigenvalue weighted by Gasteiger charge is -1.83. The largest absolute Gasteiger partial charge is 0.412 e. The lowest BCUT2D eigenvalue weighted by atomic mass is 10.3. The van der Waals surface area contributed by atoms with Gasteiger partial charge in [-0.25, -0.2) is 0 Å². The van der Waals surface area contributed by atoms with Crippen LogP contribution < -0.4 is 0 Å². The van der Waals surface area contributed by atoms with Gasteiger partial charge in [0.05, 0.1) is 0 Å². The second kappa shape index (κ2) is 3.42. The van der Waals surface area contributed by atoms with Crippen molar-refractivity contribution in [1.29, 1.82) is 5.39 Å². The van der Waals surface area contributed by atoms with Crippen LogP contribution in [0.4, 0.5) is 11.4 Å². The molecule has 54 valence electrons. The van der Waals surface area contributed by atoms with Gasteiger partial charge in [-0.1, -0.05) is 12.1 Å². The van der Waals surface area contributed by atoms with E-state index in [0.717, 1.165) is 0 Å². The Balaban J connectivity index is 3.15. The van der Waals surface area contributed by atoms with E-state index in [9.17, 15) is 0 Å². The molecule has 0 aliphatic carbocycles. The highest BCUT2D eigenvalue weighted by Gasteiger charge is 2.09. The predicted octanol–water partition coefficient (Wildman–Crippen LogP) is 2.88. The van der Waals surface area contributed by atoms with Crippen molar-refractivity contribution < 1.29 is 0 Å². The standard InChI is InChI=1S/C7H7N4/c1-9-11-7-5-3-2-4-6(7)10-8/h2-5H,1H3/q+1. The van der Waals surface area contributed by atoms with Crippen molar-refractivity contribution in [2.75, 3.05) is 7.05 Å². The summed E-state index contributed by atoms with van der Waals surface area (Å²) in [6, 6.07) is 6.95. The van der Waals surface area contributed by atoms with Crippen LogP contribution in [0.5, 0.6) is 0 Å². The predicted molar refractivity (Wildman–Crippen MR) is 41.6 cm³/mol. The van der Waals surface area contributed by atoms with Crippen molar-refractivity contribution in [3.63, 3.8) is 0 Å². The summed E-state index contributed by atoms with van der Waals surface area (Å²) in [4.78, 5) is 3.04. The van der Waals surface area contributed by atoms with E-state index >= 15 is 0 Å². The quantitative estimate of drug-likeness (QED) is 0.445. The molecule has 0 unspecified atom stereocenters. The third kappa shape index (κ3) is 1.58. The minimum Gasteiger partial charge on any atom is -0.192 e. The van der Waals surface area contributed by atoms with Crippen LogP contribution in [0.2, 0.25) is 0 Å². The number of nitrogens with zero attached hydrogens (tertiary/aromatic N) is 4. The molecule has 0 aliphatic heterocycles. The van der Waals surface area contributed by atoms with Crippen LogP contribution in [0.25, 0.3) is 4.98 Å². The van der Waals surface area contributed by atoms with Gasteiger partial charge in [-0.3, -0.25) is 0 Å². The monoisotopic (exact) mass is 147 g/mol. The molecule has 1 aromatic carbocycles. The second-order valence-electron chi connectivity index (χ2n) is 1.89. The summed E-state index contributed by atoms with van der Waals surface area (Å²) in [6.45, 7) is 0. The summed E-state index contributed by atoms with van der Waals surface area (Å²) in [5, 5.41) is 15.8. The van der Waals surface area contributed by atoms with Crippen molar-refractivity contribution >= 4 is 11.4 Å². The van der Waals surface area contributed by atoms with Crippen LogP contribution in [0.1, 0.15) is 0 Å². The van der Waals surface area contributed by atoms with Gasteiger partial charge in [0.1, 0.15) is 0 Å². The molecule has 0 saturated heterocycles. The fourth-order valence-corrected chi connectivity index (χ4v) is 0.741. The maximum atomic E-state index is 8.47. The van der Waals surface area contributed by atoms with E-state index in [1.807, 2.05) is 0 Å². The Labute approximate surface area is 64.2 Å². The first-order valence-electron chi connectivity index (χ1n) is 3.12. The minimum absolute atomic E-state index is 0.429. The van der Waals surface area contributed by atoms with Crippen LogP contribution in [0.15, 0.2) is 34.5 Å². The van der Waals surface area contributed by atoms with Crippen molar-refractivity contribution in [2.45, 2.75) is 0 Å². The highest BCUT2D eigenvalue weighted by Crippen LogP contribution is 2.26. The van der Waals surface area contributed by atoms with Crippen LogP contribution >= 0.6 is 0 Å². The molecule has 0 aromatic heterocycles. The zero-order valence-electron chi connectivity index (χ0n) is 6.10. The summed E-state index contributed by atoms with van der Waals surface area (Å²) in [7, 11) is 1.56. The molecule has 0 atom stereocenters. The molecule has 0 amide bonds. The van der Waals surface area contributed by atoms with Gasteiger partial charge in [0.25, 0.3) is 0 Å². The summed E-state index contributed by atoms with van der Waals surface area (Å²) in [5.41, 5.74) is 0.996. The van der Waals surface area contributed by atoms with E-state index in [0.29, 0.717) is 11.4 Å². The number of hydrogen-bond acceptors (Lipinski definition) is 3. The maximum absolute atomic E-state index is 8.47. The van der Waals surface area contributed by atoms with Gasteiger partial charge in [-0.2, -0.15) is 5.11 Å². The number of diazo groups is 1. The van der Waals surface area contributed by atoms with Crippen LogP contribution in [0.3, 0.4) is 0 Å². The number of azo groups is 1. The van der Waals surface area contributed by atoms with E-state index in [1.54, 1.807) is 31.3 Å². The molecule has 0 radical (unpaired) electrons. The molecule has 4 nitrogen and oxygen atoms in total. The molecular formula is C7H7N4+. The van der Waals surface area contributed by atoms with Gasteiger partial charge in [0.15, 0.2) is 10.7 Å². The molecule has 0 spiro atoms. The fourth-order valence-electron chi connectivity index (χ4n) is 0.741. The Morgan fingerprint density at radius 3 is 2.73 bits per heavy atom. The van der Waals surface area contributed by atoms with E-state index in [2.05, 4.69) is 15.2 Å². The van der Waals surface area contributed by atoms with Gasteiger partial charge >= 0.3 is 5.69 Å². The molecule has 1 rings (SSSR count). The first-order valence-corrected chi connectivity index (χ1v) is 3.12. The Bertz CT molecular complexity index is 310. The van der Waals surface area contributed by atoms with Gasteiger partial charge in [-0.05, 0) is 6.07 Å². The summed E-state index contributed by atoms with van der Waals surface area (Å²) < 4.78 is 0. The third-order valence-corrected chi connectivity index (χ3v) is 1.20. The third-order valence-electron chi connectivity index (χ3n) is 1.20. The Morgan fingerprint density at radius 2 is 2.09 bits per heavy atom. The van der Waals surface area contributed by atoms with E-state index in [4.69, 9.17) is 5.39 Å². The summed E-state index contributed by atoms with van der Waals surface area (Å²) in [6.07, 6.45) is 0. The van der Waals surface area contributed by atoms with E-state index in [-0.39, 0.29) is 0 Å². The maximum Gasteiger partial charge on any atom is 0.412 e. The molecular weight excluding hydrogens is 140 g/mol. The molecule has 4 heteroatoms. The highest BCUT2D eigenvalue weighted by molar-refractivity contribution is 5.64. The van der Waals surface area contributed by atoms with Gasteiger partial charge in [0, 0.05) is 13.1 Å². The fraction of sp³-hybridized carbons (Fsp3) is 0.143. The first-order chi connectivity index (χ1) is 5.38. The van der Waals surface area contributed by atoms with Crippen molar-refractivity contribution in [3.8, 4) is 0 Å². The molecule has 0 aliphatic rings. The molecule has 1 aromatic rings. The highest BCUT2D eigenvalue weighted by atomic mass is 15.1. The second-order valence-corrected chi connectivity index (χ2v) is 1.89. The van der Waals surface area contributed by atoms with Gasteiger partial charge in [-0.15, -0.1) is 5.11 Å². The van der Waals surface area contributed by atoms with Crippen molar-refractivity contribution in [1.82, 2.24) is 0 Å². The van der Waals surface area contributed by atoms with Gasteiger partial charge in [0.2, 0.25) is 5.39 Å². The zero-order chi connectivity index (χ0) is 8.10. The Hall–Kier alpha value is -1.76. The normalized spacial score (nSPS) is 9.82. The van der Waals surface area contributed by atoms with E-state index in [1.165, 1.54) is 0 Å². The van der Waals surface area contributed by atoms with Crippen molar-refractivity contribution in [2.24, 2.45) is 10.2 Å². The average molecular weight is 147 g/mol. The van der Waals surface area contributed by atoms with Crippen molar-refractivity contribution in [3.05, 3.63) is 29.2 Å². The molecule has 0 fully saturated rings. The number of benzene rings is 1. The molecule has 11 heavy (non-hydrogen) atoms. The van der Waals surface area contributed by atoms with Crippen LogP contribution in [-0.2, 0) is 0 Å². The van der Waals surface area contributed by atoms with Crippen LogP contribution in [0, 0.1) is 5.39 Å². The molecule has 0 bridgehead atoms. The number of rotatable bonds is 1. The minimum atomic E-state index is 0.429. The lowest BCUT2D eigenvalue weighted by molar-refractivity contribution is 1.17. The summed E-state index contributed by atoms with van der Waals surface area (Å²) in [5.74, 6) is 0. The smallest absolute Gasteiger partial charge is 0.192 e. The topological polar surface area (TPSA) is 52.9 Å². The SMILES string of the molecule is CN=Nc1ccccc1[N+]#N. The average Bonchev–Trinajstić information content (AvgIpc) is 2.06. The van der Waals surface area contributed by atoms with Gasteiger partial charge < -0.3 is 0 Å². The zero-order valence-corrected chi connectivity index (χ0v) is 6.10. The Kier molecular flexibility index (Phi) is 2.28. The summed E-state index contributed by atoms with van der Waals surface area (Å²) >= 11 is 0. The van der Waals surface area contributed by atoms with E-state index < -0.39 is 0 Å². The molecule has 0 saturated carbocycles. The first kappa shape index (κ1) is 7.35. The molecule has 0 heterocycles. The molecule has 0 N–H and O–H groups in total. The lowest BCUT2D eigenvalue weighted by Crippen LogP contribution is -1.63. The van der Waals surface area contributed by atoms with Crippen LogP contribution in [-0.4, -0.2) is 7.05 Å².